The standard InChI is InChI=1S/C17H18N4O/c1-11-2-4-12(5-3-11)8-16-19-17(22-21-16)13-6-7-14-10-18-20-15(14)9-13/h2-5,10,13H,6-9H2,1H3,(H,18,20). The number of fused-ring (bicyclic) bond motifs is 1. The topological polar surface area (TPSA) is 67.6 Å². The predicted octanol–water partition coefficient (Wildman–Crippen LogP) is 2.96. The molecule has 0 saturated carbocycles. The summed E-state index contributed by atoms with van der Waals surface area (Å²) >= 11 is 0. The van der Waals surface area contributed by atoms with E-state index in [2.05, 4.69) is 51.5 Å². The predicted molar refractivity (Wildman–Crippen MR) is 81.6 cm³/mol. The quantitative estimate of drug-likeness (QED) is 0.806. The minimum Gasteiger partial charge on any atom is -0.339 e. The Kier molecular flexibility index (Phi) is 3.25. The number of H-pyrrole nitrogens is 1. The average Bonchev–Trinajstić information content (AvgIpc) is 3.17. The molecule has 0 fully saturated rings. The summed E-state index contributed by atoms with van der Waals surface area (Å²) in [6, 6.07) is 8.44. The van der Waals surface area contributed by atoms with Crippen molar-refractivity contribution in [3.63, 3.8) is 0 Å². The summed E-state index contributed by atoms with van der Waals surface area (Å²) in [6.45, 7) is 2.09. The molecule has 2 aromatic heterocycles. The van der Waals surface area contributed by atoms with Gasteiger partial charge in [0.2, 0.25) is 5.89 Å². The molecule has 5 heteroatoms. The molecule has 112 valence electrons. The van der Waals surface area contributed by atoms with Gasteiger partial charge in [0.1, 0.15) is 0 Å². The van der Waals surface area contributed by atoms with Crippen LogP contribution in [-0.2, 0) is 19.3 Å². The second-order valence-corrected chi connectivity index (χ2v) is 6.02. The van der Waals surface area contributed by atoms with Crippen molar-refractivity contribution in [1.82, 2.24) is 20.3 Å². The highest BCUT2D eigenvalue weighted by Crippen LogP contribution is 2.30. The second kappa shape index (κ2) is 5.40. The van der Waals surface area contributed by atoms with Crippen LogP contribution in [0.3, 0.4) is 0 Å². The number of benzene rings is 1. The van der Waals surface area contributed by atoms with Crippen molar-refractivity contribution in [2.45, 2.75) is 38.5 Å². The van der Waals surface area contributed by atoms with E-state index in [1.807, 2.05) is 6.20 Å². The van der Waals surface area contributed by atoms with Gasteiger partial charge in [0.05, 0.1) is 6.20 Å². The smallest absolute Gasteiger partial charge is 0.230 e. The third kappa shape index (κ3) is 2.54. The van der Waals surface area contributed by atoms with Crippen molar-refractivity contribution in [3.8, 4) is 0 Å². The van der Waals surface area contributed by atoms with E-state index >= 15 is 0 Å². The maximum atomic E-state index is 5.50. The fraction of sp³-hybridized carbons (Fsp3) is 0.353. The van der Waals surface area contributed by atoms with E-state index in [0.717, 1.165) is 31.0 Å². The first-order valence-corrected chi connectivity index (χ1v) is 7.67. The van der Waals surface area contributed by atoms with Gasteiger partial charge in [-0.25, -0.2) is 0 Å². The van der Waals surface area contributed by atoms with Crippen molar-refractivity contribution in [1.29, 1.82) is 0 Å². The van der Waals surface area contributed by atoms with E-state index in [0.29, 0.717) is 12.3 Å². The first kappa shape index (κ1) is 13.2. The molecule has 22 heavy (non-hydrogen) atoms. The summed E-state index contributed by atoms with van der Waals surface area (Å²) in [5.74, 6) is 1.81. The monoisotopic (exact) mass is 294 g/mol. The minimum absolute atomic E-state index is 0.298. The molecule has 1 atom stereocenters. The Bertz CT molecular complexity index is 772. The SMILES string of the molecule is Cc1ccc(Cc2noc(C3CCc4cn[nH]c4C3)n2)cc1. The molecule has 0 spiro atoms. The molecule has 1 aliphatic rings. The van der Waals surface area contributed by atoms with Gasteiger partial charge in [-0.3, -0.25) is 5.10 Å². The van der Waals surface area contributed by atoms with Crippen molar-refractivity contribution in [3.05, 3.63) is 64.6 Å². The number of aromatic amines is 1. The lowest BCUT2D eigenvalue weighted by atomic mass is 9.88. The van der Waals surface area contributed by atoms with Gasteiger partial charge in [-0.15, -0.1) is 0 Å². The van der Waals surface area contributed by atoms with E-state index in [1.165, 1.54) is 22.4 Å². The zero-order valence-corrected chi connectivity index (χ0v) is 12.5. The van der Waals surface area contributed by atoms with Gasteiger partial charge in [0, 0.05) is 24.5 Å². The summed E-state index contributed by atoms with van der Waals surface area (Å²) < 4.78 is 5.50. The molecule has 1 aromatic carbocycles. The zero-order valence-electron chi connectivity index (χ0n) is 12.5. The van der Waals surface area contributed by atoms with Crippen molar-refractivity contribution in [2.24, 2.45) is 0 Å². The second-order valence-electron chi connectivity index (χ2n) is 6.02. The number of nitrogens with zero attached hydrogens (tertiary/aromatic N) is 3. The number of rotatable bonds is 3. The van der Waals surface area contributed by atoms with Crippen molar-refractivity contribution < 1.29 is 4.52 Å². The summed E-state index contributed by atoms with van der Waals surface area (Å²) in [4.78, 5) is 4.60. The van der Waals surface area contributed by atoms with Crippen LogP contribution in [0.1, 0.15) is 46.4 Å². The first-order chi connectivity index (χ1) is 10.8. The van der Waals surface area contributed by atoms with Gasteiger partial charge in [-0.1, -0.05) is 35.0 Å². The lowest BCUT2D eigenvalue weighted by Gasteiger charge is -2.17. The summed E-state index contributed by atoms with van der Waals surface area (Å²) in [5, 5.41) is 11.3. The molecule has 0 amide bonds. The molecule has 0 bridgehead atoms. The minimum atomic E-state index is 0.298. The Morgan fingerprint density at radius 2 is 2.14 bits per heavy atom. The van der Waals surface area contributed by atoms with Crippen LogP contribution in [0.2, 0.25) is 0 Å². The van der Waals surface area contributed by atoms with Crippen LogP contribution in [-0.4, -0.2) is 20.3 Å². The largest absolute Gasteiger partial charge is 0.339 e. The van der Waals surface area contributed by atoms with Gasteiger partial charge >= 0.3 is 0 Å². The van der Waals surface area contributed by atoms with Crippen LogP contribution in [0.15, 0.2) is 35.0 Å². The molecule has 4 rings (SSSR count). The van der Waals surface area contributed by atoms with Crippen molar-refractivity contribution in [2.75, 3.05) is 0 Å². The number of hydrogen-bond donors (Lipinski definition) is 1. The molecule has 5 nitrogen and oxygen atoms in total. The van der Waals surface area contributed by atoms with Crippen LogP contribution < -0.4 is 0 Å². The highest BCUT2D eigenvalue weighted by Gasteiger charge is 2.26. The maximum absolute atomic E-state index is 5.50. The molecule has 1 unspecified atom stereocenters. The summed E-state index contributed by atoms with van der Waals surface area (Å²) in [5.41, 5.74) is 4.98. The maximum Gasteiger partial charge on any atom is 0.230 e. The third-order valence-electron chi connectivity index (χ3n) is 4.34. The molecule has 0 radical (unpaired) electrons. The van der Waals surface area contributed by atoms with E-state index in [9.17, 15) is 0 Å². The first-order valence-electron chi connectivity index (χ1n) is 7.67. The normalized spacial score (nSPS) is 17.4. The van der Waals surface area contributed by atoms with Gasteiger partial charge < -0.3 is 4.52 Å². The summed E-state index contributed by atoms with van der Waals surface area (Å²) in [7, 11) is 0. The Balaban J connectivity index is 1.49. The zero-order chi connectivity index (χ0) is 14.9. The lowest BCUT2D eigenvalue weighted by molar-refractivity contribution is 0.337. The van der Waals surface area contributed by atoms with Gasteiger partial charge in [0.25, 0.3) is 0 Å². The highest BCUT2D eigenvalue weighted by molar-refractivity contribution is 5.25. The molecule has 0 saturated heterocycles. The van der Waals surface area contributed by atoms with E-state index < -0.39 is 0 Å². The van der Waals surface area contributed by atoms with Crippen molar-refractivity contribution >= 4 is 0 Å². The lowest BCUT2D eigenvalue weighted by Crippen LogP contribution is -2.12. The Morgan fingerprint density at radius 1 is 1.27 bits per heavy atom. The molecular formula is C17H18N4O. The molecule has 0 aliphatic heterocycles. The van der Waals surface area contributed by atoms with Gasteiger partial charge in [-0.05, 0) is 30.9 Å². The van der Waals surface area contributed by atoms with Crippen LogP contribution in [0.4, 0.5) is 0 Å². The number of aryl methyl sites for hydroxylation is 2. The fourth-order valence-corrected chi connectivity index (χ4v) is 3.01. The number of nitrogens with one attached hydrogen (secondary N) is 1. The Hall–Kier alpha value is -2.43. The van der Waals surface area contributed by atoms with Crippen LogP contribution in [0.25, 0.3) is 0 Å². The number of aromatic nitrogens is 4. The molecule has 1 N–H and O–H groups in total. The fourth-order valence-electron chi connectivity index (χ4n) is 3.01. The summed E-state index contributed by atoms with van der Waals surface area (Å²) in [6.07, 6.45) is 5.60. The molecular weight excluding hydrogens is 276 g/mol. The van der Waals surface area contributed by atoms with Crippen LogP contribution >= 0.6 is 0 Å². The molecule has 1 aliphatic carbocycles. The average molecular weight is 294 g/mol. The van der Waals surface area contributed by atoms with E-state index in [1.54, 1.807) is 0 Å². The Labute approximate surface area is 128 Å². The highest BCUT2D eigenvalue weighted by atomic mass is 16.5. The van der Waals surface area contributed by atoms with Crippen LogP contribution in [0.5, 0.6) is 0 Å². The molecule has 3 aromatic rings. The number of hydrogen-bond acceptors (Lipinski definition) is 4. The third-order valence-corrected chi connectivity index (χ3v) is 4.34. The van der Waals surface area contributed by atoms with Gasteiger partial charge in [-0.2, -0.15) is 10.1 Å². The van der Waals surface area contributed by atoms with E-state index in [-0.39, 0.29) is 0 Å². The van der Waals surface area contributed by atoms with E-state index in [4.69, 9.17) is 4.52 Å². The van der Waals surface area contributed by atoms with Gasteiger partial charge in [0.15, 0.2) is 5.82 Å². The molecule has 2 heterocycles. The van der Waals surface area contributed by atoms with Crippen LogP contribution in [0, 0.1) is 6.92 Å². The Morgan fingerprint density at radius 3 is 3.00 bits per heavy atom.